The van der Waals surface area contributed by atoms with Gasteiger partial charge in [-0.2, -0.15) is 0 Å². The van der Waals surface area contributed by atoms with E-state index < -0.39 is 0 Å². The van der Waals surface area contributed by atoms with Crippen molar-refractivity contribution in [2.45, 2.75) is 58.4 Å². The molecule has 1 saturated heterocycles. The third kappa shape index (κ3) is 2.81. The summed E-state index contributed by atoms with van der Waals surface area (Å²) in [4.78, 5) is 13.7. The first-order valence-corrected chi connectivity index (χ1v) is 6.33. The van der Waals surface area contributed by atoms with Crippen LogP contribution in [0.3, 0.4) is 0 Å². The zero-order valence-electron chi connectivity index (χ0n) is 10.1. The largest absolute Gasteiger partial charge is 0.300 e. The summed E-state index contributed by atoms with van der Waals surface area (Å²) < 4.78 is 0. The van der Waals surface area contributed by atoms with Crippen LogP contribution in [-0.2, 0) is 4.79 Å². The van der Waals surface area contributed by atoms with E-state index in [1.807, 2.05) is 0 Å². The molecule has 2 aliphatic rings. The van der Waals surface area contributed by atoms with E-state index >= 15 is 0 Å². The van der Waals surface area contributed by atoms with Crippen LogP contribution in [0.15, 0.2) is 0 Å². The van der Waals surface area contributed by atoms with Crippen LogP contribution < -0.4 is 0 Å². The molecule has 1 aliphatic carbocycles. The number of likely N-dealkylation sites (tertiary alicyclic amines) is 1. The topological polar surface area (TPSA) is 20.3 Å². The molecule has 1 heterocycles. The first kappa shape index (κ1) is 11.1. The van der Waals surface area contributed by atoms with Crippen LogP contribution in [-0.4, -0.2) is 29.8 Å². The summed E-state index contributed by atoms with van der Waals surface area (Å²) in [6.45, 7) is 6.79. The number of hydrogen-bond acceptors (Lipinski definition) is 2. The molecular weight excluding hydrogens is 186 g/mol. The highest BCUT2D eigenvalue weighted by atomic mass is 16.1. The number of piperidine rings is 1. The molecule has 2 heteroatoms. The zero-order valence-corrected chi connectivity index (χ0v) is 10.1. The molecule has 15 heavy (non-hydrogen) atoms. The summed E-state index contributed by atoms with van der Waals surface area (Å²) >= 11 is 0. The maximum Gasteiger partial charge on any atom is 0.135 e. The Kier molecular flexibility index (Phi) is 3.15. The third-order valence-electron chi connectivity index (χ3n) is 4.18. The minimum Gasteiger partial charge on any atom is -0.300 e. The van der Waals surface area contributed by atoms with Gasteiger partial charge in [0.1, 0.15) is 5.78 Å². The van der Waals surface area contributed by atoms with Crippen molar-refractivity contribution in [2.24, 2.45) is 5.41 Å². The zero-order chi connectivity index (χ0) is 10.9. The van der Waals surface area contributed by atoms with Gasteiger partial charge in [0.15, 0.2) is 0 Å². The Morgan fingerprint density at radius 2 is 1.67 bits per heavy atom. The first-order valence-electron chi connectivity index (χ1n) is 6.33. The van der Waals surface area contributed by atoms with Crippen molar-refractivity contribution in [3.63, 3.8) is 0 Å². The quantitative estimate of drug-likeness (QED) is 0.661. The number of carbonyl (C=O) groups is 1. The van der Waals surface area contributed by atoms with E-state index in [1.54, 1.807) is 0 Å². The van der Waals surface area contributed by atoms with Crippen LogP contribution >= 0.6 is 0 Å². The van der Waals surface area contributed by atoms with Crippen molar-refractivity contribution < 1.29 is 4.79 Å². The van der Waals surface area contributed by atoms with E-state index in [-0.39, 0.29) is 0 Å². The average molecular weight is 209 g/mol. The molecule has 0 bridgehead atoms. The summed E-state index contributed by atoms with van der Waals surface area (Å²) in [5.74, 6) is 0.461. The average Bonchev–Trinajstić information content (AvgIpc) is 2.20. The second kappa shape index (κ2) is 4.25. The number of ketones is 1. The molecular formula is C13H23NO. The lowest BCUT2D eigenvalue weighted by Crippen LogP contribution is -2.44. The summed E-state index contributed by atoms with van der Waals surface area (Å²) in [6, 6.07) is 0.770. The Morgan fingerprint density at radius 3 is 2.20 bits per heavy atom. The molecule has 0 spiro atoms. The number of hydrogen-bond donors (Lipinski definition) is 0. The van der Waals surface area contributed by atoms with Gasteiger partial charge in [0.2, 0.25) is 0 Å². The molecule has 2 nitrogen and oxygen atoms in total. The van der Waals surface area contributed by atoms with Crippen molar-refractivity contribution in [1.82, 2.24) is 4.90 Å². The van der Waals surface area contributed by atoms with Crippen molar-refractivity contribution in [1.29, 1.82) is 0 Å². The molecule has 0 amide bonds. The molecule has 0 unspecified atom stereocenters. The molecule has 2 fully saturated rings. The molecule has 0 aromatic carbocycles. The fourth-order valence-corrected chi connectivity index (χ4v) is 2.89. The van der Waals surface area contributed by atoms with Crippen molar-refractivity contribution in [2.75, 3.05) is 13.1 Å². The maximum absolute atomic E-state index is 11.2. The number of rotatable bonds is 1. The first-order chi connectivity index (χ1) is 7.07. The highest BCUT2D eigenvalue weighted by molar-refractivity contribution is 5.79. The standard InChI is InChI=1S/C13H23NO/c1-13(2)7-3-11(4-8-13)14-9-5-12(15)6-10-14/h11H,3-10H2,1-2H3. The minimum absolute atomic E-state index is 0.461. The van der Waals surface area contributed by atoms with Crippen molar-refractivity contribution in [3.8, 4) is 0 Å². The highest BCUT2D eigenvalue weighted by Gasteiger charge is 2.31. The molecule has 0 aromatic rings. The Balaban J connectivity index is 1.83. The molecule has 0 atom stereocenters. The van der Waals surface area contributed by atoms with Crippen LogP contribution in [0.25, 0.3) is 0 Å². The number of carbonyl (C=O) groups excluding carboxylic acids is 1. The highest BCUT2D eigenvalue weighted by Crippen LogP contribution is 2.37. The smallest absolute Gasteiger partial charge is 0.135 e. The molecule has 0 N–H and O–H groups in total. The van der Waals surface area contributed by atoms with Crippen molar-refractivity contribution in [3.05, 3.63) is 0 Å². The molecule has 1 saturated carbocycles. The molecule has 2 rings (SSSR count). The second-order valence-electron chi connectivity index (χ2n) is 5.97. The Morgan fingerprint density at radius 1 is 1.13 bits per heavy atom. The van der Waals surface area contributed by atoms with Gasteiger partial charge < -0.3 is 0 Å². The van der Waals surface area contributed by atoms with E-state index in [2.05, 4.69) is 18.7 Å². The fraction of sp³-hybridized carbons (Fsp3) is 0.923. The Hall–Kier alpha value is -0.370. The number of nitrogens with zero attached hydrogens (tertiary/aromatic N) is 1. The van der Waals surface area contributed by atoms with Crippen LogP contribution in [0.5, 0.6) is 0 Å². The SMILES string of the molecule is CC1(C)CCC(N2CCC(=O)CC2)CC1. The number of Topliss-reactive ketones (excluding diaryl/α,β-unsaturated/α-hetero) is 1. The monoisotopic (exact) mass is 209 g/mol. The summed E-state index contributed by atoms with van der Waals surface area (Å²) in [5, 5.41) is 0. The van der Waals surface area contributed by atoms with Gasteiger partial charge in [-0.3, -0.25) is 9.69 Å². The van der Waals surface area contributed by atoms with Gasteiger partial charge in [-0.05, 0) is 31.1 Å². The van der Waals surface area contributed by atoms with E-state index in [0.29, 0.717) is 11.2 Å². The lowest BCUT2D eigenvalue weighted by molar-refractivity contribution is -0.122. The van der Waals surface area contributed by atoms with Gasteiger partial charge in [0.25, 0.3) is 0 Å². The Bertz CT molecular complexity index is 227. The van der Waals surface area contributed by atoms with Gasteiger partial charge in [0.05, 0.1) is 0 Å². The predicted octanol–water partition coefficient (Wildman–Crippen LogP) is 2.62. The van der Waals surface area contributed by atoms with E-state index in [1.165, 1.54) is 25.7 Å². The molecule has 0 radical (unpaired) electrons. The van der Waals surface area contributed by atoms with Crippen LogP contribution in [0.2, 0.25) is 0 Å². The van der Waals surface area contributed by atoms with E-state index in [4.69, 9.17) is 0 Å². The predicted molar refractivity (Wildman–Crippen MR) is 61.9 cm³/mol. The summed E-state index contributed by atoms with van der Waals surface area (Å²) in [5.41, 5.74) is 0.558. The lowest BCUT2D eigenvalue weighted by Gasteiger charge is -2.41. The third-order valence-corrected chi connectivity index (χ3v) is 4.18. The van der Waals surface area contributed by atoms with Gasteiger partial charge in [-0.1, -0.05) is 13.8 Å². The van der Waals surface area contributed by atoms with Crippen molar-refractivity contribution >= 4 is 5.78 Å². The summed E-state index contributed by atoms with van der Waals surface area (Å²) in [7, 11) is 0. The van der Waals surface area contributed by atoms with E-state index in [9.17, 15) is 4.79 Å². The van der Waals surface area contributed by atoms with Crippen LogP contribution in [0.1, 0.15) is 52.4 Å². The van der Waals surface area contributed by atoms with Crippen LogP contribution in [0.4, 0.5) is 0 Å². The van der Waals surface area contributed by atoms with Gasteiger partial charge in [0, 0.05) is 32.0 Å². The normalized spacial score (nSPS) is 29.3. The van der Waals surface area contributed by atoms with Gasteiger partial charge >= 0.3 is 0 Å². The minimum atomic E-state index is 0.461. The van der Waals surface area contributed by atoms with Crippen LogP contribution in [0, 0.1) is 5.41 Å². The molecule has 1 aliphatic heterocycles. The lowest BCUT2D eigenvalue weighted by atomic mass is 9.75. The van der Waals surface area contributed by atoms with E-state index in [0.717, 1.165) is 32.0 Å². The molecule has 0 aromatic heterocycles. The van der Waals surface area contributed by atoms with Gasteiger partial charge in [-0.25, -0.2) is 0 Å². The molecule has 86 valence electrons. The second-order valence-corrected chi connectivity index (χ2v) is 5.97. The maximum atomic E-state index is 11.2. The van der Waals surface area contributed by atoms with Gasteiger partial charge in [-0.15, -0.1) is 0 Å². The fourth-order valence-electron chi connectivity index (χ4n) is 2.89. The Labute approximate surface area is 93.0 Å². The summed E-state index contributed by atoms with van der Waals surface area (Å²) in [6.07, 6.45) is 6.95.